The maximum absolute atomic E-state index is 12.9. The number of nitrogens with zero attached hydrogens (tertiary/aromatic N) is 1. The SMILES string of the molecule is CC(C)N(CC(=O)Nc1ccc(F)cc1N)CC(F)(F)F. The van der Waals surface area contributed by atoms with Crippen molar-refractivity contribution in [2.45, 2.75) is 26.1 Å². The molecule has 0 heterocycles. The van der Waals surface area contributed by atoms with Gasteiger partial charge in [0.05, 0.1) is 24.5 Å². The molecule has 0 atom stereocenters. The Morgan fingerprint density at radius 1 is 1.38 bits per heavy atom. The summed E-state index contributed by atoms with van der Waals surface area (Å²) in [5.74, 6) is -1.21. The average Bonchev–Trinajstić information content (AvgIpc) is 2.30. The number of carbonyl (C=O) groups excluding carboxylic acids is 1. The van der Waals surface area contributed by atoms with Crippen LogP contribution in [0.1, 0.15) is 13.8 Å². The van der Waals surface area contributed by atoms with E-state index >= 15 is 0 Å². The Kier molecular flexibility index (Phi) is 5.54. The van der Waals surface area contributed by atoms with Gasteiger partial charge in [-0.05, 0) is 32.0 Å². The number of alkyl halides is 3. The summed E-state index contributed by atoms with van der Waals surface area (Å²) < 4.78 is 50.1. The van der Waals surface area contributed by atoms with Crippen LogP contribution in [0.25, 0.3) is 0 Å². The van der Waals surface area contributed by atoms with Crippen molar-refractivity contribution in [1.82, 2.24) is 4.90 Å². The molecule has 0 bridgehead atoms. The van der Waals surface area contributed by atoms with Crippen LogP contribution in [-0.4, -0.2) is 36.1 Å². The molecular formula is C13H17F4N3O. The molecule has 3 N–H and O–H groups in total. The topological polar surface area (TPSA) is 58.4 Å². The number of amides is 1. The first-order valence-electron chi connectivity index (χ1n) is 6.24. The molecule has 1 rings (SSSR count). The Morgan fingerprint density at radius 3 is 2.48 bits per heavy atom. The number of halogens is 4. The lowest BCUT2D eigenvalue weighted by Gasteiger charge is -2.26. The summed E-state index contributed by atoms with van der Waals surface area (Å²) in [4.78, 5) is 12.8. The van der Waals surface area contributed by atoms with Crippen LogP contribution in [0.2, 0.25) is 0 Å². The molecule has 0 saturated carbocycles. The maximum Gasteiger partial charge on any atom is 0.401 e. The third kappa shape index (κ3) is 5.99. The molecule has 1 amide bonds. The first-order valence-corrected chi connectivity index (χ1v) is 6.24. The Morgan fingerprint density at radius 2 is 2.00 bits per heavy atom. The number of hydrogen-bond acceptors (Lipinski definition) is 3. The number of nitrogen functional groups attached to an aromatic ring is 1. The molecule has 0 aliphatic carbocycles. The number of anilines is 2. The second-order valence-corrected chi connectivity index (χ2v) is 4.89. The van der Waals surface area contributed by atoms with E-state index in [4.69, 9.17) is 5.73 Å². The first-order chi connectivity index (χ1) is 9.58. The van der Waals surface area contributed by atoms with Gasteiger partial charge in [-0.1, -0.05) is 0 Å². The molecule has 0 aromatic heterocycles. The zero-order valence-corrected chi connectivity index (χ0v) is 11.7. The summed E-state index contributed by atoms with van der Waals surface area (Å²) in [5.41, 5.74) is 5.69. The Bertz CT molecular complexity index is 503. The lowest BCUT2D eigenvalue weighted by molar-refractivity contribution is -0.151. The minimum Gasteiger partial charge on any atom is -0.397 e. The van der Waals surface area contributed by atoms with Gasteiger partial charge in [0.1, 0.15) is 5.82 Å². The number of nitrogens with one attached hydrogen (secondary N) is 1. The highest BCUT2D eigenvalue weighted by atomic mass is 19.4. The van der Waals surface area contributed by atoms with Crippen LogP contribution < -0.4 is 11.1 Å². The van der Waals surface area contributed by atoms with Crippen molar-refractivity contribution < 1.29 is 22.4 Å². The standard InChI is InChI=1S/C13H17F4N3O/c1-8(2)20(7-13(15,16)17)6-12(21)19-11-4-3-9(14)5-10(11)18/h3-5,8H,6-7,18H2,1-2H3,(H,19,21). The highest BCUT2D eigenvalue weighted by molar-refractivity contribution is 5.95. The average molecular weight is 307 g/mol. The van der Waals surface area contributed by atoms with Gasteiger partial charge in [-0.3, -0.25) is 9.69 Å². The lowest BCUT2D eigenvalue weighted by atomic mass is 10.2. The summed E-state index contributed by atoms with van der Waals surface area (Å²) in [5, 5.41) is 2.37. The monoisotopic (exact) mass is 307 g/mol. The van der Waals surface area contributed by atoms with Crippen LogP contribution in [0.4, 0.5) is 28.9 Å². The minimum atomic E-state index is -4.39. The first kappa shape index (κ1) is 17.2. The van der Waals surface area contributed by atoms with Gasteiger partial charge in [0.15, 0.2) is 0 Å². The number of carbonyl (C=O) groups is 1. The zero-order valence-electron chi connectivity index (χ0n) is 11.7. The van der Waals surface area contributed by atoms with E-state index < -0.39 is 37.0 Å². The second-order valence-electron chi connectivity index (χ2n) is 4.89. The van der Waals surface area contributed by atoms with Crippen LogP contribution in [0.5, 0.6) is 0 Å². The van der Waals surface area contributed by atoms with Crippen molar-refractivity contribution in [2.24, 2.45) is 0 Å². The zero-order chi connectivity index (χ0) is 16.2. The highest BCUT2D eigenvalue weighted by Crippen LogP contribution is 2.20. The van der Waals surface area contributed by atoms with E-state index in [2.05, 4.69) is 5.32 Å². The predicted octanol–water partition coefficient (Wildman–Crippen LogP) is 2.62. The predicted molar refractivity (Wildman–Crippen MR) is 72.2 cm³/mol. The third-order valence-electron chi connectivity index (χ3n) is 2.75. The Hall–Kier alpha value is -1.83. The van der Waals surface area contributed by atoms with E-state index in [-0.39, 0.29) is 11.4 Å². The molecule has 0 spiro atoms. The molecule has 1 aromatic rings. The van der Waals surface area contributed by atoms with Crippen molar-refractivity contribution in [1.29, 1.82) is 0 Å². The summed E-state index contributed by atoms with van der Waals surface area (Å²) in [7, 11) is 0. The van der Waals surface area contributed by atoms with E-state index in [0.29, 0.717) is 0 Å². The largest absolute Gasteiger partial charge is 0.401 e. The summed E-state index contributed by atoms with van der Waals surface area (Å²) in [6, 6.07) is 2.92. The number of nitrogens with two attached hydrogens (primary N) is 1. The molecule has 0 aliphatic heterocycles. The lowest BCUT2D eigenvalue weighted by Crippen LogP contribution is -2.43. The second kappa shape index (κ2) is 6.75. The van der Waals surface area contributed by atoms with Crippen LogP contribution in [0, 0.1) is 5.82 Å². The summed E-state index contributed by atoms with van der Waals surface area (Å²) in [6.45, 7) is 1.50. The molecular weight excluding hydrogens is 290 g/mol. The normalized spacial score (nSPS) is 12.0. The fourth-order valence-electron chi connectivity index (χ4n) is 1.67. The van der Waals surface area contributed by atoms with Crippen LogP contribution in [0.3, 0.4) is 0 Å². The molecule has 4 nitrogen and oxygen atoms in total. The van der Waals surface area contributed by atoms with Gasteiger partial charge in [0.25, 0.3) is 0 Å². The van der Waals surface area contributed by atoms with Gasteiger partial charge < -0.3 is 11.1 Å². The third-order valence-corrected chi connectivity index (χ3v) is 2.75. The van der Waals surface area contributed by atoms with Gasteiger partial charge in [-0.2, -0.15) is 13.2 Å². The van der Waals surface area contributed by atoms with Crippen molar-refractivity contribution in [3.05, 3.63) is 24.0 Å². The minimum absolute atomic E-state index is 0.00951. The number of hydrogen-bond donors (Lipinski definition) is 2. The highest BCUT2D eigenvalue weighted by Gasteiger charge is 2.32. The van der Waals surface area contributed by atoms with Crippen molar-refractivity contribution in [3.63, 3.8) is 0 Å². The maximum atomic E-state index is 12.9. The van der Waals surface area contributed by atoms with Crippen molar-refractivity contribution in [3.8, 4) is 0 Å². The molecule has 0 aliphatic rings. The van der Waals surface area contributed by atoms with Gasteiger partial charge in [-0.15, -0.1) is 0 Å². The molecule has 0 unspecified atom stereocenters. The molecule has 118 valence electrons. The summed E-state index contributed by atoms with van der Waals surface area (Å²) in [6.07, 6.45) is -4.39. The molecule has 8 heteroatoms. The van der Waals surface area contributed by atoms with E-state index in [1.807, 2.05) is 0 Å². The summed E-state index contributed by atoms with van der Waals surface area (Å²) >= 11 is 0. The van der Waals surface area contributed by atoms with E-state index in [1.165, 1.54) is 6.07 Å². The molecule has 21 heavy (non-hydrogen) atoms. The smallest absolute Gasteiger partial charge is 0.397 e. The molecule has 0 radical (unpaired) electrons. The Balaban J connectivity index is 2.70. The van der Waals surface area contributed by atoms with Crippen LogP contribution in [0.15, 0.2) is 18.2 Å². The molecule has 0 saturated heterocycles. The van der Waals surface area contributed by atoms with Crippen LogP contribution >= 0.6 is 0 Å². The quantitative estimate of drug-likeness (QED) is 0.649. The van der Waals surface area contributed by atoms with Gasteiger partial charge >= 0.3 is 6.18 Å². The van der Waals surface area contributed by atoms with Crippen molar-refractivity contribution >= 4 is 17.3 Å². The van der Waals surface area contributed by atoms with Crippen LogP contribution in [-0.2, 0) is 4.79 Å². The van der Waals surface area contributed by atoms with Gasteiger partial charge in [-0.25, -0.2) is 4.39 Å². The number of rotatable bonds is 5. The fraction of sp³-hybridized carbons (Fsp3) is 0.462. The van der Waals surface area contributed by atoms with E-state index in [0.717, 1.165) is 17.0 Å². The molecule has 0 fully saturated rings. The van der Waals surface area contributed by atoms with Gasteiger partial charge in [0, 0.05) is 6.04 Å². The van der Waals surface area contributed by atoms with Gasteiger partial charge in [0.2, 0.25) is 5.91 Å². The molecule has 1 aromatic carbocycles. The van der Waals surface area contributed by atoms with E-state index in [1.54, 1.807) is 13.8 Å². The number of benzene rings is 1. The fourth-order valence-corrected chi connectivity index (χ4v) is 1.67. The Labute approximate surface area is 119 Å². The van der Waals surface area contributed by atoms with Crippen molar-refractivity contribution in [2.75, 3.05) is 24.1 Å². The van der Waals surface area contributed by atoms with E-state index in [9.17, 15) is 22.4 Å².